The molecule has 1 fully saturated rings. The van der Waals surface area contributed by atoms with Crippen molar-refractivity contribution in [1.29, 1.82) is 0 Å². The van der Waals surface area contributed by atoms with Crippen molar-refractivity contribution in [3.8, 4) is 5.75 Å². The summed E-state index contributed by atoms with van der Waals surface area (Å²) >= 11 is 9.42. The summed E-state index contributed by atoms with van der Waals surface area (Å²) < 4.78 is 6.93. The molecule has 1 aliphatic heterocycles. The van der Waals surface area contributed by atoms with E-state index in [2.05, 4.69) is 20.8 Å². The maximum absolute atomic E-state index is 10.8. The van der Waals surface area contributed by atoms with Gasteiger partial charge in [0.05, 0.1) is 6.10 Å². The van der Waals surface area contributed by atoms with Gasteiger partial charge in [0.15, 0.2) is 0 Å². The Morgan fingerprint density at radius 1 is 1.08 bits per heavy atom. The van der Waals surface area contributed by atoms with Crippen molar-refractivity contribution in [2.45, 2.75) is 32.0 Å². The first-order valence-corrected chi connectivity index (χ1v) is 9.86. The third kappa shape index (κ3) is 5.45. The fraction of sp³-hybridized carbons (Fsp3) is 0.400. The van der Waals surface area contributed by atoms with Crippen molar-refractivity contribution in [3.05, 3.63) is 63.1 Å². The number of piperidine rings is 1. The first-order valence-electron chi connectivity index (χ1n) is 8.69. The van der Waals surface area contributed by atoms with Crippen LogP contribution in [0.1, 0.15) is 36.5 Å². The van der Waals surface area contributed by atoms with E-state index in [1.165, 1.54) is 19.3 Å². The standard InChI is InChI=1S/C20H23BrClNO2/c21-16-6-9-20(25-14-15-4-7-17(22)8-5-15)18(12-16)19(24)13-23-10-2-1-3-11-23/h4-9,12,19,24H,1-3,10-11,13-14H2. The normalized spacial score (nSPS) is 16.6. The monoisotopic (exact) mass is 423 g/mol. The van der Waals surface area contributed by atoms with Gasteiger partial charge >= 0.3 is 0 Å². The first-order chi connectivity index (χ1) is 12.1. The van der Waals surface area contributed by atoms with Gasteiger partial charge in [0.1, 0.15) is 12.4 Å². The summed E-state index contributed by atoms with van der Waals surface area (Å²) in [5, 5.41) is 11.5. The number of aliphatic hydroxyl groups is 1. The SMILES string of the molecule is OC(CN1CCCCC1)c1cc(Br)ccc1OCc1ccc(Cl)cc1. The lowest BCUT2D eigenvalue weighted by atomic mass is 10.1. The molecule has 0 spiro atoms. The minimum absolute atomic E-state index is 0.447. The second-order valence-corrected chi connectivity index (χ2v) is 7.83. The molecule has 0 bridgehead atoms. The van der Waals surface area contributed by atoms with Crippen molar-refractivity contribution in [2.75, 3.05) is 19.6 Å². The Labute approximate surface area is 162 Å². The van der Waals surface area contributed by atoms with Crippen molar-refractivity contribution in [3.63, 3.8) is 0 Å². The maximum Gasteiger partial charge on any atom is 0.125 e. The molecule has 3 rings (SSSR count). The number of rotatable bonds is 6. The molecule has 5 heteroatoms. The average molecular weight is 425 g/mol. The minimum atomic E-state index is -0.559. The molecular formula is C20H23BrClNO2. The van der Waals surface area contributed by atoms with Gasteiger partial charge in [-0.25, -0.2) is 0 Å². The Balaban J connectivity index is 1.69. The van der Waals surface area contributed by atoms with Crippen LogP contribution in [0, 0.1) is 0 Å². The lowest BCUT2D eigenvalue weighted by Gasteiger charge is -2.29. The molecule has 0 saturated carbocycles. The summed E-state index contributed by atoms with van der Waals surface area (Å²) in [6, 6.07) is 13.4. The van der Waals surface area contributed by atoms with E-state index in [-0.39, 0.29) is 0 Å². The number of benzene rings is 2. The van der Waals surface area contributed by atoms with Crippen LogP contribution in [0.2, 0.25) is 5.02 Å². The van der Waals surface area contributed by atoms with Crippen LogP contribution >= 0.6 is 27.5 Å². The molecule has 3 nitrogen and oxygen atoms in total. The van der Waals surface area contributed by atoms with Crippen LogP contribution in [-0.2, 0) is 6.61 Å². The molecule has 134 valence electrons. The van der Waals surface area contributed by atoms with Crippen molar-refractivity contribution in [1.82, 2.24) is 4.90 Å². The van der Waals surface area contributed by atoms with Gasteiger partial charge < -0.3 is 14.7 Å². The molecule has 25 heavy (non-hydrogen) atoms. The third-order valence-corrected chi connectivity index (χ3v) is 5.26. The van der Waals surface area contributed by atoms with E-state index in [9.17, 15) is 5.11 Å². The summed E-state index contributed by atoms with van der Waals surface area (Å²) in [5.41, 5.74) is 1.87. The zero-order valence-electron chi connectivity index (χ0n) is 14.1. The molecule has 1 saturated heterocycles. The van der Waals surface area contributed by atoms with Gasteiger partial charge in [-0.15, -0.1) is 0 Å². The number of hydrogen-bond donors (Lipinski definition) is 1. The first kappa shape index (κ1) is 18.7. The molecule has 1 atom stereocenters. The number of aliphatic hydroxyl groups excluding tert-OH is 1. The van der Waals surface area contributed by atoms with Gasteiger partial charge in [-0.1, -0.05) is 46.1 Å². The number of likely N-dealkylation sites (tertiary alicyclic amines) is 1. The van der Waals surface area contributed by atoms with Crippen LogP contribution in [0.4, 0.5) is 0 Å². The summed E-state index contributed by atoms with van der Waals surface area (Å²) in [6.45, 7) is 3.22. The zero-order valence-corrected chi connectivity index (χ0v) is 16.5. The highest BCUT2D eigenvalue weighted by atomic mass is 79.9. The molecule has 0 radical (unpaired) electrons. The predicted octanol–water partition coefficient (Wildman–Crippen LogP) is 5.20. The quantitative estimate of drug-likeness (QED) is 0.692. The largest absolute Gasteiger partial charge is 0.489 e. The third-order valence-electron chi connectivity index (χ3n) is 4.52. The summed E-state index contributed by atoms with van der Waals surface area (Å²) in [4.78, 5) is 2.33. The lowest BCUT2D eigenvalue weighted by molar-refractivity contribution is 0.0984. The van der Waals surface area contributed by atoms with Gasteiger partial charge in [0.2, 0.25) is 0 Å². The highest BCUT2D eigenvalue weighted by Gasteiger charge is 2.19. The van der Waals surface area contributed by atoms with Gasteiger partial charge in [-0.05, 0) is 61.8 Å². The van der Waals surface area contributed by atoms with E-state index in [4.69, 9.17) is 16.3 Å². The molecule has 0 aliphatic carbocycles. The fourth-order valence-corrected chi connectivity index (χ4v) is 3.64. The second-order valence-electron chi connectivity index (χ2n) is 6.47. The Morgan fingerprint density at radius 2 is 1.80 bits per heavy atom. The van der Waals surface area contributed by atoms with Crippen LogP contribution in [0.25, 0.3) is 0 Å². The summed E-state index contributed by atoms with van der Waals surface area (Å²) in [6.07, 6.45) is 3.16. The number of hydrogen-bond acceptors (Lipinski definition) is 3. The molecule has 1 heterocycles. The van der Waals surface area contributed by atoms with Crippen LogP contribution in [0.3, 0.4) is 0 Å². The van der Waals surface area contributed by atoms with Crippen molar-refractivity contribution < 1.29 is 9.84 Å². The molecule has 2 aromatic rings. The highest BCUT2D eigenvalue weighted by molar-refractivity contribution is 9.10. The smallest absolute Gasteiger partial charge is 0.125 e. The van der Waals surface area contributed by atoms with E-state index in [0.29, 0.717) is 18.2 Å². The number of ether oxygens (including phenoxy) is 1. The van der Waals surface area contributed by atoms with Crippen LogP contribution in [0.15, 0.2) is 46.9 Å². The number of β-amino-alcohol motifs (C(OH)–C–C–N with tert-alkyl or cyclic N) is 1. The fourth-order valence-electron chi connectivity index (χ4n) is 3.14. The summed E-state index contributed by atoms with van der Waals surface area (Å²) in [5.74, 6) is 0.725. The van der Waals surface area contributed by atoms with Gasteiger partial charge in [0.25, 0.3) is 0 Å². The van der Waals surface area contributed by atoms with Crippen LogP contribution < -0.4 is 4.74 Å². The van der Waals surface area contributed by atoms with E-state index in [0.717, 1.165) is 34.4 Å². The Hall–Kier alpha value is -1.07. The zero-order chi connectivity index (χ0) is 17.6. The van der Waals surface area contributed by atoms with E-state index >= 15 is 0 Å². The average Bonchev–Trinajstić information content (AvgIpc) is 2.63. The van der Waals surface area contributed by atoms with Gasteiger partial charge in [0, 0.05) is 21.6 Å². The number of halogens is 2. The molecule has 1 unspecified atom stereocenters. The molecular weight excluding hydrogens is 402 g/mol. The highest BCUT2D eigenvalue weighted by Crippen LogP contribution is 2.30. The van der Waals surface area contributed by atoms with E-state index in [1.807, 2.05) is 42.5 Å². The van der Waals surface area contributed by atoms with Crippen molar-refractivity contribution >= 4 is 27.5 Å². The predicted molar refractivity (Wildman–Crippen MR) is 105 cm³/mol. The molecule has 2 aromatic carbocycles. The van der Waals surface area contributed by atoms with Gasteiger partial charge in [-0.2, -0.15) is 0 Å². The lowest BCUT2D eigenvalue weighted by Crippen LogP contribution is -2.33. The van der Waals surface area contributed by atoms with Crippen molar-refractivity contribution in [2.24, 2.45) is 0 Å². The molecule has 0 amide bonds. The Bertz CT molecular complexity index is 687. The van der Waals surface area contributed by atoms with E-state index in [1.54, 1.807) is 0 Å². The molecule has 0 aromatic heterocycles. The maximum atomic E-state index is 10.8. The topological polar surface area (TPSA) is 32.7 Å². The Morgan fingerprint density at radius 3 is 2.52 bits per heavy atom. The summed E-state index contributed by atoms with van der Waals surface area (Å²) in [7, 11) is 0. The molecule has 1 aliphatic rings. The number of nitrogens with zero attached hydrogens (tertiary/aromatic N) is 1. The minimum Gasteiger partial charge on any atom is -0.489 e. The van der Waals surface area contributed by atoms with E-state index < -0.39 is 6.10 Å². The van der Waals surface area contributed by atoms with Crippen LogP contribution in [-0.4, -0.2) is 29.6 Å². The van der Waals surface area contributed by atoms with Crippen LogP contribution in [0.5, 0.6) is 5.75 Å². The molecule has 1 N–H and O–H groups in total. The second kappa shape index (κ2) is 9.04. The van der Waals surface area contributed by atoms with Gasteiger partial charge in [-0.3, -0.25) is 0 Å². The Kier molecular flexibility index (Phi) is 6.77.